The lowest BCUT2D eigenvalue weighted by molar-refractivity contribution is 0.388. The molecule has 0 aliphatic rings. The number of hydrogen-bond donors (Lipinski definition) is 2. The number of halogens is 1. The molecule has 0 spiro atoms. The molecule has 0 aliphatic carbocycles. The van der Waals surface area contributed by atoms with Gasteiger partial charge in [0.25, 0.3) is 0 Å². The molecule has 5 aromatic rings. The van der Waals surface area contributed by atoms with Gasteiger partial charge in [0.2, 0.25) is 5.82 Å². The molecule has 0 saturated carbocycles. The van der Waals surface area contributed by atoms with Crippen LogP contribution >= 0.6 is 11.6 Å². The monoisotopic (exact) mass is 493 g/mol. The molecule has 11 nitrogen and oxygen atoms in total. The first-order valence-electron chi connectivity index (χ1n) is 10.7. The van der Waals surface area contributed by atoms with Crippen LogP contribution in [0.5, 0.6) is 0 Å². The van der Waals surface area contributed by atoms with Crippen molar-refractivity contribution in [2.45, 2.75) is 26.8 Å². The maximum atomic E-state index is 13.3. The number of aromatic amines is 1. The van der Waals surface area contributed by atoms with E-state index in [0.29, 0.717) is 39.4 Å². The Morgan fingerprint density at radius 1 is 1.20 bits per heavy atom. The zero-order chi connectivity index (χ0) is 24.9. The number of anilines is 1. The molecule has 0 amide bonds. The van der Waals surface area contributed by atoms with Crippen molar-refractivity contribution >= 4 is 28.3 Å². The first kappa shape index (κ1) is 22.5. The molecule has 4 heterocycles. The van der Waals surface area contributed by atoms with Crippen LogP contribution in [0.25, 0.3) is 33.9 Å². The largest absolute Gasteiger partial charge is 0.453 e. The highest BCUT2D eigenvalue weighted by molar-refractivity contribution is 6.29. The number of aryl methyl sites for hydroxylation is 2. The Kier molecular flexibility index (Phi) is 5.48. The fourth-order valence-electron chi connectivity index (χ4n) is 3.96. The van der Waals surface area contributed by atoms with E-state index in [4.69, 9.17) is 16.0 Å². The number of hydrogen-bond acceptors (Lipinski definition) is 9. The van der Waals surface area contributed by atoms with Crippen molar-refractivity contribution in [3.63, 3.8) is 0 Å². The predicted molar refractivity (Wildman–Crippen MR) is 129 cm³/mol. The van der Waals surface area contributed by atoms with Gasteiger partial charge in [-0.25, -0.2) is 9.78 Å². The van der Waals surface area contributed by atoms with Crippen LogP contribution < -0.4 is 16.5 Å². The number of rotatable bonds is 5. The molecule has 4 aromatic heterocycles. The number of H-pyrrole nitrogens is 1. The minimum atomic E-state index is -0.709. The summed E-state index contributed by atoms with van der Waals surface area (Å²) in [7, 11) is 1.69. The van der Waals surface area contributed by atoms with E-state index in [2.05, 4.69) is 35.2 Å². The Hall–Kier alpha value is -4.25. The zero-order valence-electron chi connectivity index (χ0n) is 19.2. The van der Waals surface area contributed by atoms with Gasteiger partial charge in [-0.2, -0.15) is 15.0 Å². The van der Waals surface area contributed by atoms with Crippen LogP contribution in [-0.4, -0.2) is 30.1 Å². The molecule has 12 heteroatoms. The maximum absolute atomic E-state index is 13.3. The number of nitrogens with one attached hydrogen (secondary N) is 2. The first-order chi connectivity index (χ1) is 16.7. The number of pyridine rings is 1. The summed E-state index contributed by atoms with van der Waals surface area (Å²) in [5.41, 5.74) is 3.72. The van der Waals surface area contributed by atoms with Gasteiger partial charge in [0, 0.05) is 18.2 Å². The Bertz CT molecular complexity index is 1700. The highest BCUT2D eigenvalue weighted by Gasteiger charge is 2.22. The second kappa shape index (κ2) is 8.51. The highest BCUT2D eigenvalue weighted by atomic mass is 35.5. The van der Waals surface area contributed by atoms with Gasteiger partial charge < -0.3 is 9.73 Å². The predicted octanol–water partition coefficient (Wildman–Crippen LogP) is 3.77. The summed E-state index contributed by atoms with van der Waals surface area (Å²) in [6.07, 6.45) is 1.55. The third-order valence-electron chi connectivity index (χ3n) is 5.59. The number of aromatic nitrogens is 6. The third-order valence-corrected chi connectivity index (χ3v) is 5.80. The van der Waals surface area contributed by atoms with Crippen LogP contribution in [0, 0.1) is 13.8 Å². The molecule has 178 valence electrons. The summed E-state index contributed by atoms with van der Waals surface area (Å²) in [4.78, 5) is 32.9. The van der Waals surface area contributed by atoms with E-state index >= 15 is 0 Å². The van der Waals surface area contributed by atoms with Gasteiger partial charge in [0.05, 0.1) is 23.3 Å². The lowest BCUT2D eigenvalue weighted by Crippen LogP contribution is -2.13. The van der Waals surface area contributed by atoms with Crippen LogP contribution in [0.4, 0.5) is 5.69 Å². The van der Waals surface area contributed by atoms with Crippen molar-refractivity contribution in [1.29, 1.82) is 0 Å². The van der Waals surface area contributed by atoms with Crippen LogP contribution in [0.15, 0.2) is 49.0 Å². The van der Waals surface area contributed by atoms with Gasteiger partial charge in [-0.1, -0.05) is 22.8 Å². The topological polar surface area (TPSA) is 145 Å². The van der Waals surface area contributed by atoms with Crippen molar-refractivity contribution in [2.24, 2.45) is 7.05 Å². The maximum Gasteiger partial charge on any atom is 0.439 e. The van der Waals surface area contributed by atoms with Crippen LogP contribution in [0.3, 0.4) is 0 Å². The number of nitrogens with zero attached hydrogens (tertiary/aromatic N) is 5. The summed E-state index contributed by atoms with van der Waals surface area (Å²) in [6, 6.07) is 6.73. The molecule has 0 aliphatic heterocycles. The fraction of sp³-hybridized carbons (Fsp3) is 0.217. The standard InChI is InChI=1S/C23H20ClN7O4/c1-10-7-13(12(3)26-15-5-6-17(24)27-18(15)22-28-23(33)35-30-22)21-14(8-10)19(32)11(2)20(34-21)16-9-25-31(4)29-16/h5-9,12,26H,1-4H3,(H,28,30,33)/t12-/m1/s1. The molecule has 0 radical (unpaired) electrons. The van der Waals surface area contributed by atoms with Crippen molar-refractivity contribution in [3.05, 3.63) is 73.1 Å². The van der Waals surface area contributed by atoms with Gasteiger partial charge in [-0.05, 0) is 44.5 Å². The lowest BCUT2D eigenvalue weighted by Gasteiger charge is -2.19. The van der Waals surface area contributed by atoms with Crippen molar-refractivity contribution in [2.75, 3.05) is 5.32 Å². The molecule has 1 atom stereocenters. The van der Waals surface area contributed by atoms with E-state index in [9.17, 15) is 9.59 Å². The molecule has 0 saturated heterocycles. The molecule has 1 aromatic carbocycles. The van der Waals surface area contributed by atoms with E-state index in [1.165, 1.54) is 4.80 Å². The number of fused-ring (bicyclic) bond motifs is 1. The van der Waals surface area contributed by atoms with E-state index in [0.717, 1.165) is 11.1 Å². The quantitative estimate of drug-likeness (QED) is 0.349. The molecule has 0 bridgehead atoms. The summed E-state index contributed by atoms with van der Waals surface area (Å²) in [6.45, 7) is 5.54. The van der Waals surface area contributed by atoms with Gasteiger partial charge in [0.1, 0.15) is 22.1 Å². The Morgan fingerprint density at radius 3 is 2.69 bits per heavy atom. The molecular weight excluding hydrogens is 474 g/mol. The van der Waals surface area contributed by atoms with Gasteiger partial charge >= 0.3 is 5.76 Å². The summed E-state index contributed by atoms with van der Waals surface area (Å²) in [5.74, 6) is -0.213. The average Bonchev–Trinajstić information content (AvgIpc) is 3.45. The van der Waals surface area contributed by atoms with Crippen LogP contribution in [0.1, 0.15) is 29.7 Å². The Morgan fingerprint density at radius 2 is 2.00 bits per heavy atom. The normalized spacial score (nSPS) is 12.3. The SMILES string of the molecule is Cc1cc([C@@H](C)Nc2ccc(Cl)nc2-c2noc(=O)[nH]2)c2oc(-c3cnn(C)n3)c(C)c(=O)c2c1. The molecule has 5 rings (SSSR count). The van der Waals surface area contributed by atoms with E-state index in [1.807, 2.05) is 19.9 Å². The van der Waals surface area contributed by atoms with Crippen molar-refractivity contribution in [1.82, 2.24) is 30.1 Å². The second-order valence-corrected chi connectivity index (χ2v) is 8.56. The van der Waals surface area contributed by atoms with E-state index in [-0.39, 0.29) is 22.4 Å². The van der Waals surface area contributed by atoms with Gasteiger partial charge in [-0.15, -0.1) is 0 Å². The fourth-order valence-corrected chi connectivity index (χ4v) is 4.11. The average molecular weight is 494 g/mol. The van der Waals surface area contributed by atoms with Crippen LogP contribution in [-0.2, 0) is 7.05 Å². The Labute approximate surface area is 202 Å². The first-order valence-corrected chi connectivity index (χ1v) is 11.0. The second-order valence-electron chi connectivity index (χ2n) is 8.18. The number of benzene rings is 1. The van der Waals surface area contributed by atoms with E-state index in [1.54, 1.807) is 38.4 Å². The summed E-state index contributed by atoms with van der Waals surface area (Å²) in [5, 5.41) is 16.2. The van der Waals surface area contributed by atoms with Crippen LogP contribution in [0.2, 0.25) is 5.15 Å². The summed E-state index contributed by atoms with van der Waals surface area (Å²) >= 11 is 6.08. The summed E-state index contributed by atoms with van der Waals surface area (Å²) < 4.78 is 10.9. The lowest BCUT2D eigenvalue weighted by atomic mass is 9.99. The minimum Gasteiger partial charge on any atom is -0.453 e. The van der Waals surface area contributed by atoms with Crippen molar-refractivity contribution < 1.29 is 8.94 Å². The molecule has 0 unspecified atom stereocenters. The van der Waals surface area contributed by atoms with Gasteiger partial charge in [0.15, 0.2) is 11.2 Å². The molecule has 0 fully saturated rings. The minimum absolute atomic E-state index is 0.133. The zero-order valence-corrected chi connectivity index (χ0v) is 20.0. The molecule has 2 N–H and O–H groups in total. The van der Waals surface area contributed by atoms with Gasteiger partial charge in [-0.3, -0.25) is 14.3 Å². The molecular formula is C23H20ClN7O4. The Balaban J connectivity index is 1.64. The third kappa shape index (κ3) is 4.10. The smallest absolute Gasteiger partial charge is 0.439 e. The van der Waals surface area contributed by atoms with E-state index < -0.39 is 5.76 Å². The highest BCUT2D eigenvalue weighted by Crippen LogP contribution is 2.33. The molecule has 35 heavy (non-hydrogen) atoms. The van der Waals surface area contributed by atoms with Crippen molar-refractivity contribution in [3.8, 4) is 23.0 Å².